The summed E-state index contributed by atoms with van der Waals surface area (Å²) in [7, 11) is 0. The van der Waals surface area contributed by atoms with Crippen LogP contribution in [0, 0.1) is 0 Å². The first-order chi connectivity index (χ1) is 17.4. The number of esters is 1. The van der Waals surface area contributed by atoms with Gasteiger partial charge < -0.3 is 25.8 Å². The summed E-state index contributed by atoms with van der Waals surface area (Å²) < 4.78 is 10.9. The Balaban J connectivity index is 1.66. The molecule has 2 aromatic carbocycles. The summed E-state index contributed by atoms with van der Waals surface area (Å²) in [5, 5.41) is 5.13. The molecule has 0 saturated carbocycles. The first-order valence-corrected chi connectivity index (χ1v) is 12.6. The van der Waals surface area contributed by atoms with Gasteiger partial charge in [0.1, 0.15) is 18.2 Å². The quantitative estimate of drug-likeness (QED) is 0.218. The SMILES string of the molecule is CC(C)(C)OC(=O)C(C)(N)NC(=O)[C@H](CCCCN)NC(=O)OCC1c2ccccc2-c2ccccc21. The van der Waals surface area contributed by atoms with Gasteiger partial charge in [0.05, 0.1) is 0 Å². The van der Waals surface area contributed by atoms with Gasteiger partial charge in [0.15, 0.2) is 5.66 Å². The molecule has 0 fully saturated rings. The molecule has 9 nitrogen and oxygen atoms in total. The van der Waals surface area contributed by atoms with E-state index in [1.165, 1.54) is 6.92 Å². The number of nitrogens with one attached hydrogen (secondary N) is 2. The van der Waals surface area contributed by atoms with E-state index in [1.54, 1.807) is 20.8 Å². The van der Waals surface area contributed by atoms with Crippen LogP contribution in [0.4, 0.5) is 4.79 Å². The van der Waals surface area contributed by atoms with Crippen LogP contribution in [0.3, 0.4) is 0 Å². The Morgan fingerprint density at radius 1 is 0.946 bits per heavy atom. The van der Waals surface area contributed by atoms with E-state index in [4.69, 9.17) is 20.9 Å². The molecule has 0 saturated heterocycles. The molecule has 1 unspecified atom stereocenters. The number of carbonyl (C=O) groups is 3. The lowest BCUT2D eigenvalue weighted by Crippen LogP contribution is -2.64. The summed E-state index contributed by atoms with van der Waals surface area (Å²) in [5.41, 5.74) is 13.5. The van der Waals surface area contributed by atoms with Gasteiger partial charge in [-0.1, -0.05) is 48.5 Å². The fraction of sp³-hybridized carbons (Fsp3) is 0.464. The number of fused-ring (bicyclic) bond motifs is 3. The maximum Gasteiger partial charge on any atom is 0.407 e. The van der Waals surface area contributed by atoms with Crippen molar-refractivity contribution in [1.82, 2.24) is 10.6 Å². The summed E-state index contributed by atoms with van der Waals surface area (Å²) in [5.74, 6) is -1.50. The molecule has 6 N–H and O–H groups in total. The minimum absolute atomic E-state index is 0.109. The van der Waals surface area contributed by atoms with Gasteiger partial charge in [-0.15, -0.1) is 0 Å². The van der Waals surface area contributed by atoms with E-state index < -0.39 is 35.3 Å². The van der Waals surface area contributed by atoms with Crippen molar-refractivity contribution < 1.29 is 23.9 Å². The molecule has 1 aliphatic rings. The lowest BCUT2D eigenvalue weighted by Gasteiger charge is -2.30. The van der Waals surface area contributed by atoms with Crippen LogP contribution >= 0.6 is 0 Å². The van der Waals surface area contributed by atoms with Crippen LogP contribution in [0.2, 0.25) is 0 Å². The monoisotopic (exact) mass is 510 g/mol. The van der Waals surface area contributed by atoms with E-state index in [0.717, 1.165) is 22.3 Å². The summed E-state index contributed by atoms with van der Waals surface area (Å²) in [6, 6.07) is 15.1. The van der Waals surface area contributed by atoms with E-state index in [2.05, 4.69) is 22.8 Å². The van der Waals surface area contributed by atoms with Gasteiger partial charge in [-0.05, 0) is 75.8 Å². The first-order valence-electron chi connectivity index (χ1n) is 12.6. The highest BCUT2D eigenvalue weighted by Crippen LogP contribution is 2.44. The molecule has 9 heteroatoms. The third-order valence-corrected chi connectivity index (χ3v) is 6.10. The molecule has 0 bridgehead atoms. The molecule has 0 heterocycles. The average Bonchev–Trinajstić information content (AvgIpc) is 3.14. The van der Waals surface area contributed by atoms with Crippen LogP contribution in [-0.2, 0) is 19.1 Å². The van der Waals surface area contributed by atoms with Crippen molar-refractivity contribution in [3.05, 3.63) is 59.7 Å². The van der Waals surface area contributed by atoms with Gasteiger partial charge >= 0.3 is 12.1 Å². The molecular weight excluding hydrogens is 472 g/mol. The van der Waals surface area contributed by atoms with Gasteiger partial charge in [-0.3, -0.25) is 10.5 Å². The van der Waals surface area contributed by atoms with Gasteiger partial charge in [0, 0.05) is 5.92 Å². The lowest BCUT2D eigenvalue weighted by molar-refractivity contribution is -0.163. The average molecular weight is 511 g/mol. The number of carbonyl (C=O) groups excluding carboxylic acids is 3. The number of benzene rings is 2. The smallest absolute Gasteiger partial charge is 0.407 e. The largest absolute Gasteiger partial charge is 0.457 e. The van der Waals surface area contributed by atoms with Crippen molar-refractivity contribution in [3.8, 4) is 11.1 Å². The van der Waals surface area contributed by atoms with Crippen LogP contribution in [-0.4, -0.2) is 48.4 Å². The Hall–Kier alpha value is -3.43. The Labute approximate surface area is 218 Å². The molecule has 2 atom stereocenters. The Kier molecular flexibility index (Phi) is 8.94. The van der Waals surface area contributed by atoms with Crippen molar-refractivity contribution in [1.29, 1.82) is 0 Å². The summed E-state index contributed by atoms with van der Waals surface area (Å²) in [6.45, 7) is 7.03. The maximum atomic E-state index is 13.0. The van der Waals surface area contributed by atoms with E-state index in [-0.39, 0.29) is 12.5 Å². The highest BCUT2D eigenvalue weighted by Gasteiger charge is 2.37. The maximum absolute atomic E-state index is 13.0. The molecule has 0 spiro atoms. The summed E-state index contributed by atoms with van der Waals surface area (Å²) in [4.78, 5) is 38.3. The third-order valence-electron chi connectivity index (χ3n) is 6.10. The second-order valence-electron chi connectivity index (χ2n) is 10.5. The number of rotatable bonds is 10. The summed E-state index contributed by atoms with van der Waals surface area (Å²) in [6.07, 6.45) is 0.830. The fourth-order valence-electron chi connectivity index (χ4n) is 4.32. The molecule has 1 aliphatic carbocycles. The van der Waals surface area contributed by atoms with Gasteiger partial charge in [-0.2, -0.15) is 0 Å². The Bertz CT molecular complexity index is 1080. The summed E-state index contributed by atoms with van der Waals surface area (Å²) >= 11 is 0. The molecule has 37 heavy (non-hydrogen) atoms. The molecule has 3 rings (SSSR count). The first kappa shape index (κ1) is 28.1. The minimum Gasteiger partial charge on any atom is -0.457 e. The zero-order chi connectivity index (χ0) is 27.2. The zero-order valence-electron chi connectivity index (χ0n) is 22.0. The second kappa shape index (κ2) is 11.7. The van der Waals surface area contributed by atoms with E-state index in [1.807, 2.05) is 36.4 Å². The van der Waals surface area contributed by atoms with Gasteiger partial charge in [-0.25, -0.2) is 9.59 Å². The Morgan fingerprint density at radius 2 is 1.51 bits per heavy atom. The van der Waals surface area contributed by atoms with E-state index >= 15 is 0 Å². The fourth-order valence-corrected chi connectivity index (χ4v) is 4.32. The number of hydrogen-bond donors (Lipinski definition) is 4. The van der Waals surface area contributed by atoms with Gasteiger partial charge in [0.2, 0.25) is 5.91 Å². The normalized spacial score (nSPS) is 15.1. The molecule has 0 aromatic heterocycles. The number of amides is 2. The van der Waals surface area contributed by atoms with Crippen LogP contribution in [0.1, 0.15) is 64.0 Å². The van der Waals surface area contributed by atoms with Crippen LogP contribution < -0.4 is 22.1 Å². The third kappa shape index (κ3) is 7.30. The Morgan fingerprint density at radius 3 is 2.05 bits per heavy atom. The number of nitrogens with two attached hydrogens (primary N) is 2. The topological polar surface area (TPSA) is 146 Å². The lowest BCUT2D eigenvalue weighted by atomic mass is 9.98. The molecular formula is C28H38N4O5. The van der Waals surface area contributed by atoms with Crippen molar-refractivity contribution in [2.45, 2.75) is 70.2 Å². The number of alkyl carbamates (subject to hydrolysis) is 1. The standard InChI is InChI=1S/C28H38N4O5/c1-27(2,3)37-25(34)28(4,30)32-24(33)23(15-9-10-16-29)31-26(35)36-17-22-20-13-7-5-11-18(20)19-12-6-8-14-21(19)22/h5-8,11-14,22-23H,9-10,15-17,29-30H2,1-4H3,(H,31,35)(H,32,33)/t23-,28?/m0/s1. The van der Waals surface area contributed by atoms with Crippen molar-refractivity contribution in [2.75, 3.05) is 13.2 Å². The van der Waals surface area contributed by atoms with Crippen molar-refractivity contribution in [2.24, 2.45) is 11.5 Å². The van der Waals surface area contributed by atoms with E-state index in [0.29, 0.717) is 25.8 Å². The van der Waals surface area contributed by atoms with E-state index in [9.17, 15) is 14.4 Å². The van der Waals surface area contributed by atoms with Crippen LogP contribution in [0.5, 0.6) is 0 Å². The molecule has 2 aromatic rings. The molecule has 2 amide bonds. The van der Waals surface area contributed by atoms with Crippen LogP contribution in [0.25, 0.3) is 11.1 Å². The van der Waals surface area contributed by atoms with Crippen LogP contribution in [0.15, 0.2) is 48.5 Å². The highest BCUT2D eigenvalue weighted by molar-refractivity contribution is 5.91. The van der Waals surface area contributed by atoms with Crippen molar-refractivity contribution in [3.63, 3.8) is 0 Å². The highest BCUT2D eigenvalue weighted by atomic mass is 16.6. The second-order valence-corrected chi connectivity index (χ2v) is 10.5. The number of ether oxygens (including phenoxy) is 2. The number of hydrogen-bond acceptors (Lipinski definition) is 7. The number of unbranched alkanes of at least 4 members (excludes halogenated alkanes) is 1. The zero-order valence-corrected chi connectivity index (χ0v) is 22.0. The molecule has 0 aliphatic heterocycles. The van der Waals surface area contributed by atoms with Gasteiger partial charge in [0.25, 0.3) is 0 Å². The predicted octanol–water partition coefficient (Wildman–Crippen LogP) is 3.16. The molecule has 200 valence electrons. The van der Waals surface area contributed by atoms with Crippen molar-refractivity contribution >= 4 is 18.0 Å². The molecule has 0 radical (unpaired) electrons. The minimum atomic E-state index is -1.78. The predicted molar refractivity (Wildman–Crippen MR) is 141 cm³/mol.